The molecule has 28 heavy (non-hydrogen) atoms. The van der Waals surface area contributed by atoms with Gasteiger partial charge in [-0.2, -0.15) is 0 Å². The first-order valence-electron chi connectivity index (χ1n) is 8.95. The van der Waals surface area contributed by atoms with Gasteiger partial charge in [-0.1, -0.05) is 0 Å². The number of benzene rings is 1. The molecule has 1 amide bonds. The Morgan fingerprint density at radius 3 is 2.89 bits per heavy atom. The predicted octanol–water partition coefficient (Wildman–Crippen LogP) is 3.06. The molecule has 3 heterocycles. The van der Waals surface area contributed by atoms with E-state index in [1.165, 1.54) is 0 Å². The summed E-state index contributed by atoms with van der Waals surface area (Å²) in [5.74, 6) is 1.55. The third kappa shape index (κ3) is 4.19. The topological polar surface area (TPSA) is 93.4 Å². The molecule has 0 saturated carbocycles. The first kappa shape index (κ1) is 20.3. The van der Waals surface area contributed by atoms with E-state index in [-0.39, 0.29) is 24.4 Å². The van der Waals surface area contributed by atoms with Crippen LogP contribution in [0.1, 0.15) is 12.8 Å². The predicted molar refractivity (Wildman–Crippen MR) is 115 cm³/mol. The van der Waals surface area contributed by atoms with Crippen LogP contribution in [0.2, 0.25) is 0 Å². The van der Waals surface area contributed by atoms with Crippen LogP contribution in [0.25, 0.3) is 10.2 Å². The molecule has 1 aromatic carbocycles. The largest absolute Gasteiger partial charge is 0.492 e. The number of thiophene rings is 1. The fraction of sp³-hybridized carbons (Fsp3) is 0.316. The fourth-order valence-corrected chi connectivity index (χ4v) is 4.06. The molecule has 1 fully saturated rings. The van der Waals surface area contributed by atoms with Gasteiger partial charge in [-0.25, -0.2) is 9.97 Å². The minimum absolute atomic E-state index is 0. The number of ether oxygens (including phenoxy) is 1. The van der Waals surface area contributed by atoms with Gasteiger partial charge in [0.15, 0.2) is 0 Å². The zero-order valence-corrected chi connectivity index (χ0v) is 16.8. The highest BCUT2D eigenvalue weighted by Gasteiger charge is 2.32. The number of amides is 1. The van der Waals surface area contributed by atoms with Crippen molar-refractivity contribution in [3.8, 4) is 5.75 Å². The Hall–Kier alpha value is -2.42. The summed E-state index contributed by atoms with van der Waals surface area (Å²) in [7, 11) is 0. The molecule has 7 nitrogen and oxygen atoms in total. The number of nitrogens with zero attached hydrogens (tertiary/aromatic N) is 3. The van der Waals surface area contributed by atoms with Gasteiger partial charge in [-0.05, 0) is 48.6 Å². The van der Waals surface area contributed by atoms with Gasteiger partial charge in [0.25, 0.3) is 0 Å². The van der Waals surface area contributed by atoms with Crippen LogP contribution < -0.4 is 20.7 Å². The van der Waals surface area contributed by atoms with Crippen molar-refractivity contribution >= 4 is 51.4 Å². The summed E-state index contributed by atoms with van der Waals surface area (Å²) in [6.45, 7) is 1.75. The summed E-state index contributed by atoms with van der Waals surface area (Å²) in [4.78, 5) is 24.7. The summed E-state index contributed by atoms with van der Waals surface area (Å²) in [6, 6.07) is 9.11. The normalized spacial score (nSPS) is 16.0. The first-order chi connectivity index (χ1) is 13.3. The zero-order valence-electron chi connectivity index (χ0n) is 15.2. The van der Waals surface area contributed by atoms with Crippen LogP contribution in [0.4, 0.5) is 11.5 Å². The van der Waals surface area contributed by atoms with Crippen LogP contribution in [-0.2, 0) is 4.79 Å². The van der Waals surface area contributed by atoms with Gasteiger partial charge < -0.3 is 20.7 Å². The Kier molecular flexibility index (Phi) is 6.66. The lowest BCUT2D eigenvalue weighted by atomic mass is 10.2. The molecule has 1 atom stereocenters. The van der Waals surface area contributed by atoms with Crippen molar-refractivity contribution < 1.29 is 9.53 Å². The Bertz CT molecular complexity index is 933. The second-order valence-corrected chi connectivity index (χ2v) is 7.23. The number of anilines is 2. The molecule has 1 unspecified atom stereocenters. The molecule has 1 aliphatic rings. The molecular formula is C19H22ClN5O2S. The quantitative estimate of drug-likeness (QED) is 0.637. The third-order valence-corrected chi connectivity index (χ3v) is 5.40. The summed E-state index contributed by atoms with van der Waals surface area (Å²) in [5.41, 5.74) is 6.18. The molecule has 0 radical (unpaired) electrons. The highest BCUT2D eigenvalue weighted by molar-refractivity contribution is 7.16. The maximum absolute atomic E-state index is 12.9. The number of halogens is 1. The number of carbonyl (C=O) groups excluding carboxylic acids is 1. The van der Waals surface area contributed by atoms with E-state index in [0.717, 1.165) is 46.9 Å². The lowest BCUT2D eigenvalue weighted by Gasteiger charge is -2.25. The second-order valence-electron chi connectivity index (χ2n) is 6.34. The molecule has 3 N–H and O–H groups in total. The van der Waals surface area contributed by atoms with Crippen LogP contribution in [0, 0.1) is 0 Å². The zero-order chi connectivity index (χ0) is 18.6. The molecule has 0 spiro atoms. The lowest BCUT2D eigenvalue weighted by Crippen LogP contribution is -2.40. The number of carbonyl (C=O) groups is 1. The Labute approximate surface area is 173 Å². The van der Waals surface area contributed by atoms with Crippen molar-refractivity contribution in [2.75, 3.05) is 29.9 Å². The number of nitrogens with two attached hydrogens (primary N) is 1. The van der Waals surface area contributed by atoms with E-state index in [1.54, 1.807) is 17.7 Å². The number of hydrogen-bond acceptors (Lipinski definition) is 7. The maximum atomic E-state index is 12.9. The van der Waals surface area contributed by atoms with Crippen LogP contribution in [0.5, 0.6) is 5.75 Å². The standard InChI is InChI=1S/C19H21N5O2S.ClH/c20-8-10-26-14-5-3-13(4-6-14)23-18(25)16-2-1-9-24(16)17-15-7-11-27-19(15)22-12-21-17;/h3-7,11-12,16H,1-2,8-10,20H2,(H,23,25);1H. The molecule has 0 bridgehead atoms. The number of hydrogen-bond donors (Lipinski definition) is 2. The van der Waals surface area contributed by atoms with Crippen LogP contribution in [0.15, 0.2) is 42.0 Å². The van der Waals surface area contributed by atoms with E-state index in [0.29, 0.717) is 13.2 Å². The van der Waals surface area contributed by atoms with E-state index in [2.05, 4.69) is 20.2 Å². The molecule has 3 aromatic rings. The Balaban J connectivity index is 0.00000225. The summed E-state index contributed by atoms with van der Waals surface area (Å²) in [6.07, 6.45) is 3.33. The lowest BCUT2D eigenvalue weighted by molar-refractivity contribution is -0.117. The van der Waals surface area contributed by atoms with Gasteiger partial charge in [0, 0.05) is 18.8 Å². The van der Waals surface area contributed by atoms with E-state index >= 15 is 0 Å². The third-order valence-electron chi connectivity index (χ3n) is 4.58. The average Bonchev–Trinajstić information content (AvgIpc) is 3.36. The SMILES string of the molecule is Cl.NCCOc1ccc(NC(=O)C2CCCN2c2ncnc3sccc23)cc1. The number of nitrogens with one attached hydrogen (secondary N) is 1. The van der Waals surface area contributed by atoms with Crippen LogP contribution >= 0.6 is 23.7 Å². The molecule has 0 aliphatic carbocycles. The number of fused-ring (bicyclic) bond motifs is 1. The molecule has 9 heteroatoms. The highest BCUT2D eigenvalue weighted by atomic mass is 35.5. The van der Waals surface area contributed by atoms with Gasteiger partial charge in [0.1, 0.15) is 35.4 Å². The van der Waals surface area contributed by atoms with Crippen LogP contribution in [0.3, 0.4) is 0 Å². The highest BCUT2D eigenvalue weighted by Crippen LogP contribution is 2.32. The van der Waals surface area contributed by atoms with Gasteiger partial charge in [-0.3, -0.25) is 4.79 Å². The minimum Gasteiger partial charge on any atom is -0.492 e. The van der Waals surface area contributed by atoms with Gasteiger partial charge in [0.2, 0.25) is 5.91 Å². The van der Waals surface area contributed by atoms with Crippen molar-refractivity contribution in [1.82, 2.24) is 9.97 Å². The monoisotopic (exact) mass is 419 g/mol. The fourth-order valence-electron chi connectivity index (χ4n) is 3.34. The number of rotatable bonds is 6. The molecular weight excluding hydrogens is 398 g/mol. The molecule has 1 saturated heterocycles. The van der Waals surface area contributed by atoms with E-state index < -0.39 is 0 Å². The summed E-state index contributed by atoms with van der Waals surface area (Å²) in [5, 5.41) is 6.01. The molecule has 4 rings (SSSR count). The average molecular weight is 420 g/mol. The Morgan fingerprint density at radius 1 is 1.29 bits per heavy atom. The van der Waals surface area contributed by atoms with Crippen molar-refractivity contribution in [3.63, 3.8) is 0 Å². The van der Waals surface area contributed by atoms with E-state index in [4.69, 9.17) is 10.5 Å². The molecule has 2 aromatic heterocycles. The first-order valence-corrected chi connectivity index (χ1v) is 9.83. The minimum atomic E-state index is -0.240. The van der Waals surface area contributed by atoms with Gasteiger partial charge >= 0.3 is 0 Å². The van der Waals surface area contributed by atoms with E-state index in [9.17, 15) is 4.79 Å². The smallest absolute Gasteiger partial charge is 0.247 e. The number of aromatic nitrogens is 2. The van der Waals surface area contributed by atoms with E-state index in [1.807, 2.05) is 35.7 Å². The molecule has 148 valence electrons. The van der Waals surface area contributed by atoms with Crippen molar-refractivity contribution in [1.29, 1.82) is 0 Å². The second kappa shape index (κ2) is 9.18. The van der Waals surface area contributed by atoms with Crippen molar-refractivity contribution in [2.45, 2.75) is 18.9 Å². The maximum Gasteiger partial charge on any atom is 0.247 e. The molecule has 1 aliphatic heterocycles. The van der Waals surface area contributed by atoms with Crippen molar-refractivity contribution in [2.24, 2.45) is 5.73 Å². The van der Waals surface area contributed by atoms with Crippen molar-refractivity contribution in [3.05, 3.63) is 42.0 Å². The van der Waals surface area contributed by atoms with Gasteiger partial charge in [-0.15, -0.1) is 23.7 Å². The summed E-state index contributed by atoms with van der Waals surface area (Å²) >= 11 is 1.58. The summed E-state index contributed by atoms with van der Waals surface area (Å²) < 4.78 is 5.46. The van der Waals surface area contributed by atoms with Crippen LogP contribution in [-0.4, -0.2) is 41.6 Å². The Morgan fingerprint density at radius 2 is 2.11 bits per heavy atom. The van der Waals surface area contributed by atoms with Gasteiger partial charge in [0.05, 0.1) is 5.39 Å².